The molecular formula is C15H19NO3. The normalized spacial score (nSPS) is 14.2. The summed E-state index contributed by atoms with van der Waals surface area (Å²) in [5.74, 6) is -1.04. The molecule has 1 aliphatic carbocycles. The van der Waals surface area contributed by atoms with Crippen LogP contribution >= 0.6 is 0 Å². The Balaban J connectivity index is 2.28. The lowest BCUT2D eigenvalue weighted by molar-refractivity contribution is 0.0696. The number of carbonyl (C=O) groups is 2. The molecule has 4 nitrogen and oxygen atoms in total. The number of aromatic carboxylic acids is 1. The number of carboxylic acids is 1. The summed E-state index contributed by atoms with van der Waals surface area (Å²) in [7, 11) is 0. The van der Waals surface area contributed by atoms with E-state index in [0.717, 1.165) is 31.4 Å². The number of nitrogens with zero attached hydrogens (tertiary/aromatic N) is 1. The van der Waals surface area contributed by atoms with Crippen molar-refractivity contribution >= 4 is 11.9 Å². The van der Waals surface area contributed by atoms with E-state index in [-0.39, 0.29) is 11.5 Å². The van der Waals surface area contributed by atoms with Crippen molar-refractivity contribution < 1.29 is 14.7 Å². The highest BCUT2D eigenvalue weighted by Crippen LogP contribution is 2.28. The van der Waals surface area contributed by atoms with E-state index in [0.29, 0.717) is 11.6 Å². The highest BCUT2D eigenvalue weighted by molar-refractivity contribution is 5.98. The third-order valence-corrected chi connectivity index (χ3v) is 3.28. The SMILES string of the molecule is CCCN(C(=O)c1cc(C)cc(C(=O)O)c1)C1CC1. The first-order valence-corrected chi connectivity index (χ1v) is 6.69. The zero-order valence-electron chi connectivity index (χ0n) is 11.3. The molecule has 2 rings (SSSR count). The third-order valence-electron chi connectivity index (χ3n) is 3.28. The summed E-state index contributed by atoms with van der Waals surface area (Å²) in [6.45, 7) is 4.59. The maximum Gasteiger partial charge on any atom is 0.335 e. The molecule has 19 heavy (non-hydrogen) atoms. The number of hydrogen-bond donors (Lipinski definition) is 1. The van der Waals surface area contributed by atoms with Crippen molar-refractivity contribution in [2.24, 2.45) is 0 Å². The number of rotatable bonds is 5. The lowest BCUT2D eigenvalue weighted by Crippen LogP contribution is -2.33. The van der Waals surface area contributed by atoms with Gasteiger partial charge in [-0.2, -0.15) is 0 Å². The van der Waals surface area contributed by atoms with Gasteiger partial charge in [0.15, 0.2) is 0 Å². The van der Waals surface area contributed by atoms with Gasteiger partial charge in [-0.3, -0.25) is 4.79 Å². The third kappa shape index (κ3) is 3.13. The summed E-state index contributed by atoms with van der Waals surface area (Å²) >= 11 is 0. The molecule has 4 heteroatoms. The second-order valence-electron chi connectivity index (χ2n) is 5.12. The van der Waals surface area contributed by atoms with E-state index in [9.17, 15) is 9.59 Å². The van der Waals surface area contributed by atoms with Crippen LogP contribution in [0.15, 0.2) is 18.2 Å². The van der Waals surface area contributed by atoms with Gasteiger partial charge >= 0.3 is 5.97 Å². The number of benzene rings is 1. The van der Waals surface area contributed by atoms with Crippen molar-refractivity contribution in [1.82, 2.24) is 4.90 Å². The lowest BCUT2D eigenvalue weighted by atomic mass is 10.1. The molecule has 0 radical (unpaired) electrons. The van der Waals surface area contributed by atoms with Crippen LogP contribution in [0.2, 0.25) is 0 Å². The van der Waals surface area contributed by atoms with Crippen LogP contribution < -0.4 is 0 Å². The Morgan fingerprint density at radius 1 is 1.26 bits per heavy atom. The van der Waals surface area contributed by atoms with Crippen LogP contribution in [-0.2, 0) is 0 Å². The van der Waals surface area contributed by atoms with Gasteiger partial charge in [-0.25, -0.2) is 4.79 Å². The van der Waals surface area contributed by atoms with Gasteiger partial charge in [0.25, 0.3) is 5.91 Å². The van der Waals surface area contributed by atoms with Crippen LogP contribution in [0.5, 0.6) is 0 Å². The standard InChI is InChI=1S/C15H19NO3/c1-3-6-16(13-4-5-13)14(17)11-7-10(2)8-12(9-11)15(18)19/h7-9,13H,3-6H2,1-2H3,(H,18,19). The average molecular weight is 261 g/mol. The largest absolute Gasteiger partial charge is 0.478 e. The number of carboxylic acid groups (broad SMARTS) is 1. The molecule has 0 aromatic heterocycles. The van der Waals surface area contributed by atoms with Crippen molar-refractivity contribution in [2.45, 2.75) is 39.2 Å². The molecule has 1 aromatic rings. The van der Waals surface area contributed by atoms with E-state index in [4.69, 9.17) is 5.11 Å². The minimum absolute atomic E-state index is 0.0458. The second-order valence-corrected chi connectivity index (χ2v) is 5.12. The van der Waals surface area contributed by atoms with Crippen molar-refractivity contribution in [1.29, 1.82) is 0 Å². The first-order chi connectivity index (χ1) is 9.02. The molecule has 1 fully saturated rings. The summed E-state index contributed by atoms with van der Waals surface area (Å²) in [5.41, 5.74) is 1.46. The van der Waals surface area contributed by atoms with Gasteiger partial charge in [-0.1, -0.05) is 6.92 Å². The molecule has 1 amide bonds. The molecule has 0 bridgehead atoms. The van der Waals surface area contributed by atoms with Gasteiger partial charge in [-0.15, -0.1) is 0 Å². The molecule has 1 saturated carbocycles. The van der Waals surface area contributed by atoms with E-state index in [1.807, 2.05) is 18.7 Å². The maximum absolute atomic E-state index is 12.5. The van der Waals surface area contributed by atoms with Crippen molar-refractivity contribution in [3.63, 3.8) is 0 Å². The topological polar surface area (TPSA) is 57.6 Å². The average Bonchev–Trinajstić information content (AvgIpc) is 3.18. The summed E-state index contributed by atoms with van der Waals surface area (Å²) < 4.78 is 0. The monoisotopic (exact) mass is 261 g/mol. The van der Waals surface area contributed by atoms with Crippen molar-refractivity contribution in [3.05, 3.63) is 34.9 Å². The zero-order valence-corrected chi connectivity index (χ0v) is 11.3. The summed E-state index contributed by atoms with van der Waals surface area (Å²) in [5, 5.41) is 9.05. The van der Waals surface area contributed by atoms with E-state index in [1.165, 1.54) is 6.07 Å². The fourth-order valence-corrected chi connectivity index (χ4v) is 2.27. The molecular weight excluding hydrogens is 242 g/mol. The maximum atomic E-state index is 12.5. The molecule has 0 heterocycles. The first kappa shape index (κ1) is 13.6. The van der Waals surface area contributed by atoms with Crippen molar-refractivity contribution in [3.8, 4) is 0 Å². The van der Waals surface area contributed by atoms with Gasteiger partial charge < -0.3 is 10.0 Å². The second kappa shape index (κ2) is 5.43. The van der Waals surface area contributed by atoms with E-state index < -0.39 is 5.97 Å². The number of carbonyl (C=O) groups excluding carboxylic acids is 1. The summed E-state index contributed by atoms with van der Waals surface area (Å²) in [6.07, 6.45) is 3.03. The van der Waals surface area contributed by atoms with Crippen LogP contribution in [0, 0.1) is 6.92 Å². The van der Waals surface area contributed by atoms with Crippen LogP contribution in [0.1, 0.15) is 52.5 Å². The van der Waals surface area contributed by atoms with Gasteiger partial charge in [-0.05, 0) is 49.9 Å². The van der Waals surface area contributed by atoms with Crippen LogP contribution in [0.3, 0.4) is 0 Å². The van der Waals surface area contributed by atoms with Gasteiger partial charge in [0.05, 0.1) is 5.56 Å². The first-order valence-electron chi connectivity index (χ1n) is 6.69. The van der Waals surface area contributed by atoms with Crippen LogP contribution in [0.4, 0.5) is 0 Å². The number of aryl methyl sites for hydroxylation is 1. The van der Waals surface area contributed by atoms with Crippen LogP contribution in [-0.4, -0.2) is 34.5 Å². The Kier molecular flexibility index (Phi) is 3.88. The summed E-state index contributed by atoms with van der Waals surface area (Å²) in [4.78, 5) is 25.4. The molecule has 0 spiro atoms. The smallest absolute Gasteiger partial charge is 0.335 e. The molecule has 1 N–H and O–H groups in total. The minimum Gasteiger partial charge on any atom is -0.478 e. The molecule has 1 aromatic carbocycles. The predicted molar refractivity (Wildman–Crippen MR) is 72.5 cm³/mol. The number of amides is 1. The minimum atomic E-state index is -0.994. The van der Waals surface area contributed by atoms with E-state index >= 15 is 0 Å². The Morgan fingerprint density at radius 3 is 2.42 bits per heavy atom. The van der Waals surface area contributed by atoms with Crippen molar-refractivity contribution in [2.75, 3.05) is 6.54 Å². The molecule has 1 aliphatic rings. The van der Waals surface area contributed by atoms with Gasteiger partial charge in [0.1, 0.15) is 0 Å². The summed E-state index contributed by atoms with van der Waals surface area (Å²) in [6, 6.07) is 5.17. The Labute approximate surface area is 113 Å². The lowest BCUT2D eigenvalue weighted by Gasteiger charge is -2.22. The van der Waals surface area contributed by atoms with E-state index in [1.54, 1.807) is 12.1 Å². The molecule has 0 saturated heterocycles. The van der Waals surface area contributed by atoms with Crippen LogP contribution in [0.25, 0.3) is 0 Å². The predicted octanol–water partition coefficient (Wildman–Crippen LogP) is 2.71. The fraction of sp³-hybridized carbons (Fsp3) is 0.467. The van der Waals surface area contributed by atoms with E-state index in [2.05, 4.69) is 0 Å². The number of hydrogen-bond acceptors (Lipinski definition) is 2. The molecule has 0 atom stereocenters. The highest BCUT2D eigenvalue weighted by Gasteiger charge is 2.32. The zero-order chi connectivity index (χ0) is 14.0. The Morgan fingerprint density at radius 2 is 1.89 bits per heavy atom. The highest BCUT2D eigenvalue weighted by atomic mass is 16.4. The van der Waals surface area contributed by atoms with Gasteiger partial charge in [0.2, 0.25) is 0 Å². The molecule has 0 aliphatic heterocycles. The Hall–Kier alpha value is -1.84. The molecule has 0 unspecified atom stereocenters. The fourth-order valence-electron chi connectivity index (χ4n) is 2.27. The Bertz CT molecular complexity index is 506. The van der Waals surface area contributed by atoms with Gasteiger partial charge in [0, 0.05) is 18.2 Å². The quantitative estimate of drug-likeness (QED) is 0.886. The molecule has 102 valence electrons.